The first kappa shape index (κ1) is 24.9. The van der Waals surface area contributed by atoms with Crippen LogP contribution in [0.5, 0.6) is 0 Å². The van der Waals surface area contributed by atoms with E-state index < -0.39 is 30.0 Å². The van der Waals surface area contributed by atoms with Crippen molar-refractivity contribution in [2.24, 2.45) is 5.73 Å². The summed E-state index contributed by atoms with van der Waals surface area (Å²) in [6.45, 7) is 1.04. The Labute approximate surface area is 202 Å². The van der Waals surface area contributed by atoms with E-state index in [0.29, 0.717) is 18.9 Å². The number of amides is 1. The zero-order valence-electron chi connectivity index (χ0n) is 18.9. The van der Waals surface area contributed by atoms with Gasteiger partial charge in [-0.15, -0.1) is 0 Å². The predicted octanol–water partition coefficient (Wildman–Crippen LogP) is 4.09. The van der Waals surface area contributed by atoms with E-state index in [4.69, 9.17) is 11.5 Å². The molecule has 1 atom stereocenters. The average Bonchev–Trinajstić information content (AvgIpc) is 3.24. The van der Waals surface area contributed by atoms with Crippen molar-refractivity contribution in [2.75, 3.05) is 29.0 Å². The van der Waals surface area contributed by atoms with Crippen LogP contribution in [0.2, 0.25) is 0 Å². The number of anilines is 3. The van der Waals surface area contributed by atoms with Crippen molar-refractivity contribution in [3.63, 3.8) is 0 Å². The Morgan fingerprint density at radius 1 is 1.29 bits per heavy atom. The summed E-state index contributed by atoms with van der Waals surface area (Å²) in [7, 11) is 0. The molecule has 35 heavy (non-hydrogen) atoms. The highest BCUT2D eigenvalue weighted by atomic mass is 32.1. The van der Waals surface area contributed by atoms with Crippen LogP contribution in [0.4, 0.5) is 34.1 Å². The zero-order valence-corrected chi connectivity index (χ0v) is 19.7. The first-order valence-corrected chi connectivity index (χ1v) is 11.8. The molecule has 0 aliphatic carbocycles. The van der Waals surface area contributed by atoms with Crippen LogP contribution in [0.3, 0.4) is 0 Å². The second-order valence-electron chi connectivity index (χ2n) is 8.59. The molecule has 1 saturated heterocycles. The fourth-order valence-corrected chi connectivity index (χ4v) is 4.91. The lowest BCUT2D eigenvalue weighted by molar-refractivity contribution is 0.000970. The quantitative estimate of drug-likeness (QED) is 0.430. The Morgan fingerprint density at radius 2 is 2.00 bits per heavy atom. The number of aromatic nitrogens is 3. The summed E-state index contributed by atoms with van der Waals surface area (Å²) in [5.74, 6) is -5.19. The second kappa shape index (κ2) is 9.82. The molecular weight excluding hydrogens is 486 g/mol. The Bertz CT molecular complexity index is 1200. The van der Waals surface area contributed by atoms with Gasteiger partial charge in [0.2, 0.25) is 0 Å². The summed E-state index contributed by atoms with van der Waals surface area (Å²) < 4.78 is 57.2. The molecule has 1 aliphatic heterocycles. The highest BCUT2D eigenvalue weighted by Crippen LogP contribution is 2.35. The number of hydrogen-bond acceptors (Lipinski definition) is 7. The molecule has 1 unspecified atom stereocenters. The van der Waals surface area contributed by atoms with Gasteiger partial charge in [-0.05, 0) is 25.0 Å². The molecule has 0 spiro atoms. The van der Waals surface area contributed by atoms with E-state index in [1.807, 2.05) is 4.90 Å². The van der Waals surface area contributed by atoms with Crippen LogP contribution in [0, 0.1) is 11.6 Å². The third-order valence-corrected chi connectivity index (χ3v) is 6.44. The van der Waals surface area contributed by atoms with E-state index >= 15 is 0 Å². The van der Waals surface area contributed by atoms with Crippen molar-refractivity contribution in [3.8, 4) is 10.6 Å². The molecule has 3 heterocycles. The summed E-state index contributed by atoms with van der Waals surface area (Å²) in [4.78, 5) is 18.9. The van der Waals surface area contributed by atoms with Crippen molar-refractivity contribution >= 4 is 33.8 Å². The Morgan fingerprint density at radius 3 is 2.69 bits per heavy atom. The number of alkyl halides is 2. The Hall–Kier alpha value is -3.19. The number of carbonyl (C=O) groups is 1. The molecular formula is C22H25F4N7OS. The fourth-order valence-electron chi connectivity index (χ4n) is 4.03. The van der Waals surface area contributed by atoms with Gasteiger partial charge in [0, 0.05) is 26.1 Å². The van der Waals surface area contributed by atoms with Crippen LogP contribution in [0.15, 0.2) is 24.4 Å². The van der Waals surface area contributed by atoms with Crippen molar-refractivity contribution in [3.05, 3.63) is 41.7 Å². The van der Waals surface area contributed by atoms with Gasteiger partial charge in [-0.1, -0.05) is 23.8 Å². The van der Waals surface area contributed by atoms with Crippen LogP contribution in [0.1, 0.15) is 36.7 Å². The number of thiazole rings is 1. The first-order chi connectivity index (χ1) is 16.5. The highest BCUT2D eigenvalue weighted by molar-refractivity contribution is 7.19. The van der Waals surface area contributed by atoms with Crippen molar-refractivity contribution < 1.29 is 22.4 Å². The van der Waals surface area contributed by atoms with E-state index in [1.165, 1.54) is 12.3 Å². The molecule has 5 N–H and O–H groups in total. The molecule has 0 radical (unpaired) electrons. The smallest absolute Gasteiger partial charge is 0.277 e. The van der Waals surface area contributed by atoms with E-state index in [0.717, 1.165) is 54.3 Å². The van der Waals surface area contributed by atoms with Crippen molar-refractivity contribution in [2.45, 2.75) is 44.7 Å². The van der Waals surface area contributed by atoms with Crippen LogP contribution in [0.25, 0.3) is 10.6 Å². The summed E-state index contributed by atoms with van der Waals surface area (Å²) in [6, 6.07) is 3.20. The van der Waals surface area contributed by atoms with Gasteiger partial charge in [0.15, 0.2) is 11.5 Å². The molecule has 2 aromatic heterocycles. The molecule has 1 aliphatic rings. The van der Waals surface area contributed by atoms with Crippen LogP contribution < -0.4 is 21.7 Å². The van der Waals surface area contributed by atoms with E-state index in [9.17, 15) is 22.4 Å². The Kier molecular flexibility index (Phi) is 6.99. The number of halogens is 4. The van der Waals surface area contributed by atoms with Gasteiger partial charge >= 0.3 is 0 Å². The van der Waals surface area contributed by atoms with E-state index in [2.05, 4.69) is 15.4 Å². The van der Waals surface area contributed by atoms with Gasteiger partial charge < -0.3 is 21.7 Å². The molecule has 1 amide bonds. The van der Waals surface area contributed by atoms with Gasteiger partial charge in [-0.3, -0.25) is 4.79 Å². The monoisotopic (exact) mass is 511 g/mol. The van der Waals surface area contributed by atoms with Crippen LogP contribution >= 0.6 is 11.3 Å². The van der Waals surface area contributed by atoms with Gasteiger partial charge in [0.05, 0.1) is 11.8 Å². The maximum absolute atomic E-state index is 14.2. The summed E-state index contributed by atoms with van der Waals surface area (Å²) in [5.41, 5.74) is 11.7. The number of rotatable bonds is 6. The minimum atomic E-state index is -3.05. The molecule has 1 aromatic carbocycles. The number of nitrogens with two attached hydrogens (primary N) is 2. The maximum Gasteiger partial charge on any atom is 0.277 e. The number of benzene rings is 1. The minimum Gasteiger partial charge on any atom is -0.389 e. The lowest BCUT2D eigenvalue weighted by atomic mass is 10.2. The third kappa shape index (κ3) is 5.56. The standard InChI is InChI=1S/C22H25F4N7OS/c1-22(25,26)11-33-21(32-8-3-2-5-12(27)10-32)15(9-29-33)30-19(34)17-18(28)35-20(31-17)16-13(23)6-4-7-14(16)24/h4,6-7,9,12H,2-3,5,8,10-11,27-28H2,1H3,(H,30,34). The number of nitrogens with zero attached hydrogens (tertiary/aromatic N) is 4. The molecule has 3 aromatic rings. The maximum atomic E-state index is 14.2. The SMILES string of the molecule is CC(F)(F)Cn1ncc(NC(=O)c2nc(-c3c(F)cccc3F)sc2N)c1N1CCCCC(N)C1. The second-order valence-corrected chi connectivity index (χ2v) is 9.62. The van der Waals surface area contributed by atoms with Crippen LogP contribution in [-0.2, 0) is 6.54 Å². The van der Waals surface area contributed by atoms with E-state index in [1.54, 1.807) is 0 Å². The lowest BCUT2D eigenvalue weighted by Gasteiger charge is -2.27. The van der Waals surface area contributed by atoms with Crippen LogP contribution in [-0.4, -0.2) is 45.7 Å². The van der Waals surface area contributed by atoms with E-state index in [-0.39, 0.29) is 33.0 Å². The number of carbonyl (C=O) groups excluding carboxylic acids is 1. The molecule has 0 bridgehead atoms. The summed E-state index contributed by atoms with van der Waals surface area (Å²) in [5, 5.41) is 6.55. The highest BCUT2D eigenvalue weighted by Gasteiger charge is 2.30. The largest absolute Gasteiger partial charge is 0.389 e. The van der Waals surface area contributed by atoms with Gasteiger partial charge in [0.1, 0.15) is 33.9 Å². The number of hydrogen-bond donors (Lipinski definition) is 3. The van der Waals surface area contributed by atoms with Gasteiger partial charge in [-0.2, -0.15) is 5.10 Å². The molecule has 8 nitrogen and oxygen atoms in total. The van der Waals surface area contributed by atoms with Crippen molar-refractivity contribution in [1.82, 2.24) is 14.8 Å². The molecule has 1 fully saturated rings. The number of nitrogen functional groups attached to an aromatic ring is 1. The predicted molar refractivity (Wildman–Crippen MR) is 127 cm³/mol. The Balaban J connectivity index is 1.66. The number of nitrogens with one attached hydrogen (secondary N) is 1. The minimum absolute atomic E-state index is 0.0500. The molecule has 4 rings (SSSR count). The topological polar surface area (TPSA) is 115 Å². The summed E-state index contributed by atoms with van der Waals surface area (Å²) >= 11 is 0.762. The van der Waals surface area contributed by atoms with Crippen molar-refractivity contribution in [1.29, 1.82) is 0 Å². The third-order valence-electron chi connectivity index (χ3n) is 5.54. The average molecular weight is 512 g/mol. The summed E-state index contributed by atoms with van der Waals surface area (Å²) in [6.07, 6.45) is 3.75. The molecule has 13 heteroatoms. The molecule has 188 valence electrons. The van der Waals surface area contributed by atoms with Gasteiger partial charge in [0.25, 0.3) is 11.8 Å². The normalized spacial score (nSPS) is 16.9. The van der Waals surface area contributed by atoms with Gasteiger partial charge in [-0.25, -0.2) is 27.2 Å². The first-order valence-electron chi connectivity index (χ1n) is 11.0. The molecule has 0 saturated carbocycles. The zero-order chi connectivity index (χ0) is 25.3. The fraction of sp³-hybridized carbons (Fsp3) is 0.409. The lowest BCUT2D eigenvalue weighted by Crippen LogP contribution is -2.38.